The molecule has 2 aromatic rings. The first-order valence-electron chi connectivity index (χ1n) is 8.18. The van der Waals surface area contributed by atoms with Gasteiger partial charge in [0.2, 0.25) is 5.91 Å². The summed E-state index contributed by atoms with van der Waals surface area (Å²) < 4.78 is 10.7. The summed E-state index contributed by atoms with van der Waals surface area (Å²) >= 11 is 0. The van der Waals surface area contributed by atoms with Gasteiger partial charge in [-0.15, -0.1) is 0 Å². The molecule has 1 aromatic carbocycles. The van der Waals surface area contributed by atoms with E-state index in [0.717, 1.165) is 41.2 Å². The summed E-state index contributed by atoms with van der Waals surface area (Å²) in [5.74, 6) is 1.62. The monoisotopic (exact) mass is 328 g/mol. The molecule has 0 saturated heterocycles. The van der Waals surface area contributed by atoms with Gasteiger partial charge in [0.25, 0.3) is 0 Å². The van der Waals surface area contributed by atoms with Crippen molar-refractivity contribution in [3.63, 3.8) is 0 Å². The maximum Gasteiger partial charge on any atom is 0.227 e. The van der Waals surface area contributed by atoms with Crippen LogP contribution in [0.3, 0.4) is 0 Å². The van der Waals surface area contributed by atoms with Crippen molar-refractivity contribution in [1.29, 1.82) is 0 Å². The van der Waals surface area contributed by atoms with Crippen molar-refractivity contribution in [3.05, 3.63) is 46.3 Å². The number of methoxy groups -OCH3 is 2. The van der Waals surface area contributed by atoms with Crippen molar-refractivity contribution in [3.8, 4) is 11.5 Å². The Bertz CT molecular complexity index is 764. The first kappa shape index (κ1) is 16.4. The number of hydrogen-bond donors (Lipinski definition) is 1. The molecular weight excluding hydrogens is 304 g/mol. The van der Waals surface area contributed by atoms with Crippen LogP contribution >= 0.6 is 0 Å². The number of H-pyrrole nitrogens is 1. The van der Waals surface area contributed by atoms with Crippen LogP contribution in [0.5, 0.6) is 11.5 Å². The second kappa shape index (κ2) is 6.59. The number of nitrogens with zero attached hydrogens (tertiary/aromatic N) is 1. The smallest absolute Gasteiger partial charge is 0.227 e. The van der Waals surface area contributed by atoms with Crippen LogP contribution in [0.2, 0.25) is 0 Å². The summed E-state index contributed by atoms with van der Waals surface area (Å²) in [4.78, 5) is 17.9. The molecule has 0 saturated carbocycles. The number of aryl methyl sites for hydroxylation is 2. The number of aromatic nitrogens is 1. The zero-order chi connectivity index (χ0) is 17.3. The van der Waals surface area contributed by atoms with E-state index in [1.54, 1.807) is 14.2 Å². The number of fused-ring (bicyclic) bond motifs is 1. The van der Waals surface area contributed by atoms with E-state index in [1.807, 2.05) is 30.9 Å². The van der Waals surface area contributed by atoms with Crippen LogP contribution < -0.4 is 9.47 Å². The molecule has 1 aliphatic rings. The fraction of sp³-hybridized carbons (Fsp3) is 0.421. The van der Waals surface area contributed by atoms with Crippen molar-refractivity contribution < 1.29 is 14.3 Å². The summed E-state index contributed by atoms with van der Waals surface area (Å²) in [6.07, 6.45) is 1.28. The zero-order valence-corrected chi connectivity index (χ0v) is 14.7. The average Bonchev–Trinajstić information content (AvgIpc) is 2.90. The summed E-state index contributed by atoms with van der Waals surface area (Å²) in [6.45, 7) is 5.39. The zero-order valence-electron chi connectivity index (χ0n) is 14.7. The van der Waals surface area contributed by atoms with Gasteiger partial charge in [0, 0.05) is 24.5 Å². The molecule has 24 heavy (non-hydrogen) atoms. The Morgan fingerprint density at radius 3 is 2.38 bits per heavy atom. The topological polar surface area (TPSA) is 54.6 Å². The van der Waals surface area contributed by atoms with Gasteiger partial charge in [-0.05, 0) is 55.2 Å². The molecule has 0 radical (unpaired) electrons. The predicted molar refractivity (Wildman–Crippen MR) is 92.6 cm³/mol. The van der Waals surface area contributed by atoms with Crippen molar-refractivity contribution in [2.45, 2.75) is 33.2 Å². The Hall–Kier alpha value is -2.43. The molecule has 1 N–H and O–H groups in total. The first-order valence-corrected chi connectivity index (χ1v) is 8.18. The van der Waals surface area contributed by atoms with E-state index in [-0.39, 0.29) is 5.91 Å². The minimum absolute atomic E-state index is 0.164. The number of amides is 1. The van der Waals surface area contributed by atoms with Gasteiger partial charge in [-0.3, -0.25) is 4.79 Å². The third-order valence-electron chi connectivity index (χ3n) is 4.67. The van der Waals surface area contributed by atoms with E-state index < -0.39 is 0 Å². The third-order valence-corrected chi connectivity index (χ3v) is 4.67. The van der Waals surface area contributed by atoms with Gasteiger partial charge in [-0.2, -0.15) is 0 Å². The molecular formula is C19H24N2O3. The molecule has 1 amide bonds. The van der Waals surface area contributed by atoms with Crippen molar-refractivity contribution in [2.24, 2.45) is 0 Å². The number of benzene rings is 1. The van der Waals surface area contributed by atoms with Crippen LogP contribution in [0.15, 0.2) is 18.2 Å². The highest BCUT2D eigenvalue weighted by atomic mass is 16.5. The molecule has 2 heterocycles. The second-order valence-electron chi connectivity index (χ2n) is 6.32. The van der Waals surface area contributed by atoms with E-state index in [9.17, 15) is 4.79 Å². The van der Waals surface area contributed by atoms with Gasteiger partial charge in [0.15, 0.2) is 11.5 Å². The van der Waals surface area contributed by atoms with Crippen LogP contribution in [0.1, 0.15) is 28.1 Å². The lowest BCUT2D eigenvalue weighted by Crippen LogP contribution is -2.37. The van der Waals surface area contributed by atoms with Gasteiger partial charge >= 0.3 is 0 Å². The number of carbonyl (C=O) groups is 1. The minimum atomic E-state index is 0.164. The lowest BCUT2D eigenvalue weighted by atomic mass is 9.98. The van der Waals surface area contributed by atoms with E-state index in [0.29, 0.717) is 18.7 Å². The van der Waals surface area contributed by atoms with Gasteiger partial charge in [0.1, 0.15) is 0 Å². The summed E-state index contributed by atoms with van der Waals surface area (Å²) in [6, 6.07) is 6.06. The Kier molecular flexibility index (Phi) is 4.51. The Morgan fingerprint density at radius 1 is 1.12 bits per heavy atom. The highest BCUT2D eigenvalue weighted by Gasteiger charge is 2.23. The molecule has 5 nitrogen and oxygen atoms in total. The minimum Gasteiger partial charge on any atom is -0.493 e. The predicted octanol–water partition coefficient (Wildman–Crippen LogP) is 2.78. The van der Waals surface area contributed by atoms with Crippen LogP contribution in [0.4, 0.5) is 0 Å². The fourth-order valence-corrected chi connectivity index (χ4v) is 3.34. The van der Waals surface area contributed by atoms with Gasteiger partial charge in [-0.25, -0.2) is 0 Å². The number of ether oxygens (including phenoxy) is 2. The number of nitrogens with one attached hydrogen (secondary N) is 1. The Labute approximate surface area is 142 Å². The molecule has 0 spiro atoms. The normalized spacial score (nSPS) is 13.6. The first-order chi connectivity index (χ1) is 11.5. The fourth-order valence-electron chi connectivity index (χ4n) is 3.34. The van der Waals surface area contributed by atoms with Crippen LogP contribution in [0, 0.1) is 13.8 Å². The molecule has 0 bridgehead atoms. The number of aromatic amines is 1. The lowest BCUT2D eigenvalue weighted by molar-refractivity contribution is -0.131. The molecule has 1 aliphatic heterocycles. The van der Waals surface area contributed by atoms with Crippen LogP contribution in [-0.4, -0.2) is 36.6 Å². The standard InChI is InChI=1S/C19H24N2O3/c1-12-7-15(13(2)20-12)10-19(22)21-6-5-14-8-17(23-3)18(24-4)9-16(14)11-21/h7-9,20H,5-6,10-11H2,1-4H3. The molecule has 0 atom stereocenters. The largest absolute Gasteiger partial charge is 0.493 e. The molecule has 1 aromatic heterocycles. The van der Waals surface area contributed by atoms with Crippen molar-refractivity contribution >= 4 is 5.91 Å². The lowest BCUT2D eigenvalue weighted by Gasteiger charge is -2.29. The van der Waals surface area contributed by atoms with Crippen LogP contribution in [-0.2, 0) is 24.2 Å². The molecule has 0 unspecified atom stereocenters. The number of carbonyl (C=O) groups excluding carboxylic acids is 1. The van der Waals surface area contributed by atoms with Crippen molar-refractivity contribution in [2.75, 3.05) is 20.8 Å². The maximum absolute atomic E-state index is 12.7. The second-order valence-corrected chi connectivity index (χ2v) is 6.32. The third kappa shape index (κ3) is 3.11. The van der Waals surface area contributed by atoms with Gasteiger partial charge < -0.3 is 19.4 Å². The Balaban J connectivity index is 1.76. The highest BCUT2D eigenvalue weighted by molar-refractivity contribution is 5.79. The molecule has 5 heteroatoms. The molecule has 128 valence electrons. The van der Waals surface area contributed by atoms with E-state index in [1.165, 1.54) is 5.56 Å². The van der Waals surface area contributed by atoms with Gasteiger partial charge in [0.05, 0.1) is 20.6 Å². The number of rotatable bonds is 4. The Morgan fingerprint density at radius 2 is 1.79 bits per heavy atom. The van der Waals surface area contributed by atoms with Crippen LogP contribution in [0.25, 0.3) is 0 Å². The molecule has 3 rings (SSSR count). The van der Waals surface area contributed by atoms with Gasteiger partial charge in [-0.1, -0.05) is 0 Å². The molecule has 0 aliphatic carbocycles. The van der Waals surface area contributed by atoms with E-state index in [2.05, 4.69) is 11.1 Å². The summed E-state index contributed by atoms with van der Waals surface area (Å²) in [5.41, 5.74) is 5.61. The van der Waals surface area contributed by atoms with E-state index >= 15 is 0 Å². The quantitative estimate of drug-likeness (QED) is 0.939. The average molecular weight is 328 g/mol. The molecule has 0 fully saturated rings. The number of hydrogen-bond acceptors (Lipinski definition) is 3. The highest BCUT2D eigenvalue weighted by Crippen LogP contribution is 2.33. The maximum atomic E-state index is 12.7. The summed E-state index contributed by atoms with van der Waals surface area (Å²) in [5, 5.41) is 0. The summed E-state index contributed by atoms with van der Waals surface area (Å²) in [7, 11) is 3.27. The van der Waals surface area contributed by atoms with E-state index in [4.69, 9.17) is 9.47 Å². The SMILES string of the molecule is COc1cc2c(cc1OC)CN(C(=O)Cc1cc(C)[nH]c1C)CC2. The van der Waals surface area contributed by atoms with Crippen molar-refractivity contribution in [1.82, 2.24) is 9.88 Å².